The van der Waals surface area contributed by atoms with Gasteiger partial charge in [-0.05, 0) is 42.5 Å². The minimum atomic E-state index is -0.729. The largest absolute Gasteiger partial charge is 0.352 e. The first-order valence-corrected chi connectivity index (χ1v) is 20.4. The number of hydrogen-bond donors (Lipinski definition) is 0. The van der Waals surface area contributed by atoms with Gasteiger partial charge in [-0.3, -0.25) is 4.98 Å². The number of para-hydroxylation sites is 2. The van der Waals surface area contributed by atoms with E-state index in [1.165, 1.54) is 0 Å². The second-order valence-electron chi connectivity index (χ2n) is 13.9. The summed E-state index contributed by atoms with van der Waals surface area (Å²) in [5.74, 6) is 2.19. The molecule has 17 heteroatoms. The molecule has 3 aliphatic rings. The molecule has 7 aromatic rings. The lowest BCUT2D eigenvalue weighted by atomic mass is 9.93. The molecule has 0 spiro atoms. The topological polar surface area (TPSA) is 152 Å². The Labute approximate surface area is 336 Å². The molecule has 0 radical (unpaired) electrons. The van der Waals surface area contributed by atoms with Gasteiger partial charge in [-0.25, -0.2) is 24.9 Å². The van der Waals surface area contributed by atoms with Crippen molar-refractivity contribution in [3.8, 4) is 6.07 Å². The molecule has 2 aromatic carbocycles. The zero-order valence-electron chi connectivity index (χ0n) is 30.7. The quantitative estimate of drug-likeness (QED) is 0.184. The number of benzene rings is 2. The number of anilines is 3. The lowest BCUT2D eigenvalue weighted by molar-refractivity contribution is 0.311. The van der Waals surface area contributed by atoms with Gasteiger partial charge in [0.15, 0.2) is 6.04 Å². The molecule has 0 bridgehead atoms. The highest BCUT2D eigenvalue weighted by Gasteiger charge is 2.58. The van der Waals surface area contributed by atoms with E-state index >= 15 is 0 Å². The van der Waals surface area contributed by atoms with Gasteiger partial charge in [-0.1, -0.05) is 46.9 Å². The predicted octanol–water partition coefficient (Wildman–Crippen LogP) is 5.62. The Morgan fingerprint density at radius 1 is 0.632 bits per heavy atom. The number of nitrogens with zero attached hydrogens (tertiary/aromatic N) is 15. The summed E-state index contributed by atoms with van der Waals surface area (Å²) in [7, 11) is 0. The minimum Gasteiger partial charge on any atom is -0.352 e. The summed E-state index contributed by atoms with van der Waals surface area (Å²) in [6.07, 6.45) is 14.4. The second kappa shape index (κ2) is 14.9. The average Bonchev–Trinajstić information content (AvgIpc) is 3.93. The fourth-order valence-corrected chi connectivity index (χ4v) is 10.2. The highest BCUT2D eigenvalue weighted by atomic mass is 32.1. The van der Waals surface area contributed by atoms with E-state index in [1.807, 2.05) is 60.8 Å². The first-order valence-electron chi connectivity index (χ1n) is 18.8. The van der Waals surface area contributed by atoms with Gasteiger partial charge in [0.25, 0.3) is 0 Å². The Balaban J connectivity index is 1.08. The van der Waals surface area contributed by atoms with Crippen molar-refractivity contribution in [3.63, 3.8) is 0 Å². The Morgan fingerprint density at radius 3 is 1.88 bits per heavy atom. The van der Waals surface area contributed by atoms with Gasteiger partial charge < -0.3 is 19.6 Å². The minimum absolute atomic E-state index is 0.0354. The lowest BCUT2D eigenvalue weighted by Gasteiger charge is -2.45. The maximum Gasteiger partial charge on any atom is 0.320 e. The Hall–Kier alpha value is -6.48. The highest BCUT2D eigenvalue weighted by molar-refractivity contribution is 7.24. The van der Waals surface area contributed by atoms with Crippen LogP contribution in [0.1, 0.15) is 11.6 Å². The van der Waals surface area contributed by atoms with E-state index in [1.54, 1.807) is 59.9 Å². The molecule has 0 saturated carbocycles. The number of fused-ring (bicyclic) bond motifs is 2. The Bertz CT molecular complexity index is 2480. The Morgan fingerprint density at radius 2 is 1.25 bits per heavy atom. The van der Waals surface area contributed by atoms with Crippen LogP contribution in [0.4, 0.5) is 28.0 Å². The summed E-state index contributed by atoms with van der Waals surface area (Å²) in [6.45, 7) is 5.60. The monoisotopic (exact) mass is 790 g/mol. The van der Waals surface area contributed by atoms with E-state index in [0.717, 1.165) is 55.6 Å². The molecule has 2 atom stereocenters. The summed E-state index contributed by atoms with van der Waals surface area (Å²) in [6, 6.07) is 22.2. The normalized spacial score (nSPS) is 18.8. The van der Waals surface area contributed by atoms with Gasteiger partial charge in [0.2, 0.25) is 11.9 Å². The average molecular weight is 791 g/mol. The third-order valence-electron chi connectivity index (χ3n) is 10.7. The number of aromatic nitrogens is 8. The molecule has 8 heterocycles. The lowest BCUT2D eigenvalue weighted by Crippen LogP contribution is -2.66. The smallest absolute Gasteiger partial charge is 0.320 e. The summed E-state index contributed by atoms with van der Waals surface area (Å²) in [5.41, 5.74) is 2.40. The molecular weight excluding hydrogens is 755 g/mol. The number of quaternary nitrogens is 1. The number of rotatable bonds is 7. The van der Waals surface area contributed by atoms with E-state index in [0.29, 0.717) is 56.9 Å². The summed E-state index contributed by atoms with van der Waals surface area (Å²) >= 11 is 3.23. The summed E-state index contributed by atoms with van der Waals surface area (Å²) in [4.78, 5) is 52.5. The fraction of sp³-hybridized carbons (Fsp3) is 0.250. The third-order valence-corrected chi connectivity index (χ3v) is 13.0. The van der Waals surface area contributed by atoms with Crippen LogP contribution >= 0.6 is 22.7 Å². The van der Waals surface area contributed by atoms with Crippen LogP contribution in [0.3, 0.4) is 0 Å². The van der Waals surface area contributed by atoms with Crippen LogP contribution in [0.2, 0.25) is 0 Å². The maximum atomic E-state index is 11.4. The van der Waals surface area contributed by atoms with Gasteiger partial charge in [-0.15, -0.1) is 4.48 Å². The fourth-order valence-electron chi connectivity index (χ4n) is 7.88. The van der Waals surface area contributed by atoms with Crippen LogP contribution in [0.25, 0.3) is 20.4 Å². The third kappa shape index (κ3) is 6.27. The molecule has 0 aliphatic carbocycles. The van der Waals surface area contributed by atoms with E-state index < -0.39 is 12.0 Å². The van der Waals surface area contributed by atoms with Gasteiger partial charge in [0.05, 0.1) is 38.4 Å². The van der Waals surface area contributed by atoms with Crippen molar-refractivity contribution in [1.82, 2.24) is 49.3 Å². The molecule has 10 rings (SSSR count). The summed E-state index contributed by atoms with van der Waals surface area (Å²) < 4.78 is 2.13. The van der Waals surface area contributed by atoms with E-state index in [-0.39, 0.29) is 4.48 Å². The SMILES string of the molecule is N#CC(c1ccnc(N2CCN(c3ncccn3)CC2)n1)C1C=CN=C(N2CCN(c3cnccn3)CC2)[N+]1(c1nc2ccccc2s1)c1nc2ccccc2s1. The predicted molar refractivity (Wildman–Crippen MR) is 224 cm³/mol. The molecule has 15 nitrogen and oxygen atoms in total. The summed E-state index contributed by atoms with van der Waals surface area (Å²) in [5, 5.41) is 12.9. The van der Waals surface area contributed by atoms with Crippen LogP contribution in [0.5, 0.6) is 0 Å². The molecule has 0 N–H and O–H groups in total. The van der Waals surface area contributed by atoms with Crippen LogP contribution in [-0.2, 0) is 0 Å². The van der Waals surface area contributed by atoms with Crippen molar-refractivity contribution in [2.24, 2.45) is 4.99 Å². The molecular formula is C40H36N15S2+. The van der Waals surface area contributed by atoms with Gasteiger partial charge in [-0.2, -0.15) is 20.2 Å². The van der Waals surface area contributed by atoms with Gasteiger partial charge >= 0.3 is 16.2 Å². The van der Waals surface area contributed by atoms with Gasteiger partial charge in [0, 0.05) is 89.5 Å². The van der Waals surface area contributed by atoms with E-state index in [9.17, 15) is 5.26 Å². The first-order chi connectivity index (χ1) is 28.2. The van der Waals surface area contributed by atoms with E-state index in [2.05, 4.69) is 57.7 Å². The molecule has 2 unspecified atom stereocenters. The van der Waals surface area contributed by atoms with Crippen LogP contribution < -0.4 is 19.2 Å². The molecule has 5 aromatic heterocycles. The zero-order valence-corrected chi connectivity index (χ0v) is 32.4. The number of thiazole rings is 2. The second-order valence-corrected chi connectivity index (χ2v) is 15.9. The molecule has 57 heavy (non-hydrogen) atoms. The molecule has 2 fully saturated rings. The number of hydrogen-bond acceptors (Lipinski definition) is 16. The molecule has 2 saturated heterocycles. The van der Waals surface area contributed by atoms with Crippen molar-refractivity contribution < 1.29 is 0 Å². The standard InChI is InChI=1S/C40H36N15S2/c41-26-28(29-10-14-46-37(48-29)53-22-20-52(21-23-53)36-44-12-5-13-45-36)32-11-15-47-38(54-24-18-51(19-25-54)35-27-42-16-17-43-35)55(32,39-49-30-6-1-3-8-33(30)56-39)40-50-31-7-2-4-9-34(31)57-40/h1-17,27-28,32H,18-25H2/q+1. The van der Waals surface area contributed by atoms with Crippen molar-refractivity contribution in [2.75, 3.05) is 67.1 Å². The van der Waals surface area contributed by atoms with Crippen molar-refractivity contribution >= 4 is 77.0 Å². The van der Waals surface area contributed by atoms with E-state index in [4.69, 9.17) is 24.9 Å². The van der Waals surface area contributed by atoms with Crippen molar-refractivity contribution in [3.05, 3.63) is 116 Å². The maximum absolute atomic E-state index is 11.4. The van der Waals surface area contributed by atoms with Crippen LogP contribution in [0, 0.1) is 11.3 Å². The molecule has 0 amide bonds. The van der Waals surface area contributed by atoms with Crippen LogP contribution in [0.15, 0.2) is 115 Å². The number of aliphatic imine (C=N–C) groups is 1. The zero-order chi connectivity index (χ0) is 38.2. The first kappa shape index (κ1) is 35.0. The van der Waals surface area contributed by atoms with Crippen molar-refractivity contribution in [1.29, 1.82) is 5.26 Å². The highest BCUT2D eigenvalue weighted by Crippen LogP contribution is 2.50. The van der Waals surface area contributed by atoms with Crippen molar-refractivity contribution in [2.45, 2.75) is 12.0 Å². The number of guanidine groups is 1. The Kier molecular flexibility index (Phi) is 9.13. The number of piperazine rings is 2. The number of nitriles is 1. The van der Waals surface area contributed by atoms with Crippen LogP contribution in [-0.4, -0.2) is 109 Å². The molecule has 3 aliphatic heterocycles. The van der Waals surface area contributed by atoms with Gasteiger partial charge in [0.1, 0.15) is 11.7 Å². The molecule has 282 valence electrons.